The van der Waals surface area contributed by atoms with Gasteiger partial charge in [-0.25, -0.2) is 9.97 Å². The predicted molar refractivity (Wildman–Crippen MR) is 201 cm³/mol. The van der Waals surface area contributed by atoms with E-state index in [4.69, 9.17) is 28.4 Å². The molecule has 2 unspecified atom stereocenters. The molecule has 19 heteroatoms. The number of amides is 2. The molecule has 16 nitrogen and oxygen atoms in total. The van der Waals surface area contributed by atoms with Crippen LogP contribution in [0.15, 0.2) is 60.9 Å². The summed E-state index contributed by atoms with van der Waals surface area (Å²) in [6, 6.07) is 13.8. The molecule has 2 fully saturated rings. The quantitative estimate of drug-likeness (QED) is 0.0703. The van der Waals surface area contributed by atoms with Crippen molar-refractivity contribution in [3.63, 3.8) is 0 Å². The van der Waals surface area contributed by atoms with E-state index < -0.39 is 18.6 Å². The Morgan fingerprint density at radius 1 is 0.707 bits per heavy atom. The van der Waals surface area contributed by atoms with Gasteiger partial charge in [-0.1, -0.05) is 12.1 Å². The van der Waals surface area contributed by atoms with Crippen molar-refractivity contribution in [1.29, 1.82) is 0 Å². The molecule has 2 aromatic carbocycles. The summed E-state index contributed by atoms with van der Waals surface area (Å²) in [7, 11) is 0. The summed E-state index contributed by atoms with van der Waals surface area (Å²) in [5.74, 6) is -0.602. The Morgan fingerprint density at radius 2 is 1.28 bits per heavy atom. The molecule has 1 heterocycles. The molecule has 318 valence electrons. The fourth-order valence-electron chi connectivity index (χ4n) is 6.39. The lowest BCUT2D eigenvalue weighted by molar-refractivity contribution is -0.274. The number of hydrogen-bond donors (Lipinski definition) is 5. The van der Waals surface area contributed by atoms with E-state index in [1.807, 2.05) is 0 Å². The van der Waals surface area contributed by atoms with Crippen LogP contribution in [0.1, 0.15) is 16.8 Å². The van der Waals surface area contributed by atoms with Crippen molar-refractivity contribution in [2.45, 2.75) is 25.0 Å². The number of aliphatic hydroxyl groups is 2. The van der Waals surface area contributed by atoms with Crippen molar-refractivity contribution in [3.8, 4) is 17.0 Å². The Bertz CT molecular complexity index is 1700. The molecule has 1 aromatic heterocycles. The number of benzene rings is 2. The van der Waals surface area contributed by atoms with Crippen molar-refractivity contribution < 1.29 is 66.1 Å². The van der Waals surface area contributed by atoms with E-state index in [9.17, 15) is 33.0 Å². The van der Waals surface area contributed by atoms with Crippen LogP contribution >= 0.6 is 0 Å². The highest BCUT2D eigenvalue weighted by atomic mass is 19.4. The van der Waals surface area contributed by atoms with E-state index in [1.165, 1.54) is 30.6 Å². The zero-order valence-corrected chi connectivity index (χ0v) is 31.9. The number of fused-ring (bicyclic) bond motifs is 1. The number of alkyl halides is 3. The van der Waals surface area contributed by atoms with Crippen LogP contribution in [-0.2, 0) is 33.2 Å². The minimum Gasteiger partial charge on any atom is -0.406 e. The highest BCUT2D eigenvalue weighted by molar-refractivity contribution is 5.95. The normalized spacial score (nSPS) is 19.7. The van der Waals surface area contributed by atoms with Crippen molar-refractivity contribution in [2.75, 3.05) is 97.7 Å². The average molecular weight is 822 g/mol. The second-order valence-corrected chi connectivity index (χ2v) is 13.4. The summed E-state index contributed by atoms with van der Waals surface area (Å²) in [5, 5.41) is 28.0. The number of nitrogens with one attached hydrogen (secondary N) is 3. The average Bonchev–Trinajstić information content (AvgIpc) is 3.19. The zero-order chi connectivity index (χ0) is 41.2. The fourth-order valence-corrected chi connectivity index (χ4v) is 6.39. The lowest BCUT2D eigenvalue weighted by atomic mass is 9.49. The molecular formula is C39H50F3N5O11. The van der Waals surface area contributed by atoms with E-state index in [0.717, 1.165) is 0 Å². The van der Waals surface area contributed by atoms with Gasteiger partial charge in [0.05, 0.1) is 97.2 Å². The van der Waals surface area contributed by atoms with Crippen LogP contribution in [0, 0.1) is 17.8 Å². The zero-order valence-electron chi connectivity index (χ0n) is 31.9. The van der Waals surface area contributed by atoms with Crippen molar-refractivity contribution >= 4 is 23.3 Å². The van der Waals surface area contributed by atoms with E-state index in [1.54, 1.807) is 30.3 Å². The molecule has 5 atom stereocenters. The highest BCUT2D eigenvalue weighted by Gasteiger charge is 2.62. The van der Waals surface area contributed by atoms with Crippen LogP contribution in [0.5, 0.6) is 5.75 Å². The van der Waals surface area contributed by atoms with Gasteiger partial charge in [0, 0.05) is 47.8 Å². The number of hydrogen-bond acceptors (Lipinski definition) is 14. The van der Waals surface area contributed by atoms with Gasteiger partial charge in [-0.2, -0.15) is 0 Å². The molecule has 0 saturated heterocycles. The monoisotopic (exact) mass is 821 g/mol. The van der Waals surface area contributed by atoms with Gasteiger partial charge in [0.1, 0.15) is 17.9 Å². The van der Waals surface area contributed by atoms with E-state index in [2.05, 4.69) is 30.7 Å². The summed E-state index contributed by atoms with van der Waals surface area (Å²) in [6.45, 7) is 5.34. The molecule has 0 spiro atoms. The standard InChI is InChI=1S/C39H50F3N5O11/c40-39(41,42)58-29-6-4-28(5-7-29)47-33-24-32(45-25-46-33)26-2-1-3-27(22-26)37(50)43-8-10-52-12-14-54-16-18-56-20-21-57-19-17-55-15-13-53-11-9-44-38(51)31-23-30-34(31)36(49)35(30)48/h1-7,22,24-25,30-31,34-36,48-49H,8-21,23H2,(H,43,50)(H,44,51)(H,45,46,47)/t30?,31?,34-,35+,36-/m1/s1. The molecule has 2 aliphatic rings. The Balaban J connectivity index is 0.795. The number of nitrogens with zero attached hydrogens (tertiary/aromatic N) is 2. The first-order valence-corrected chi connectivity index (χ1v) is 19.0. The number of anilines is 2. The third kappa shape index (κ3) is 14.4. The van der Waals surface area contributed by atoms with Gasteiger partial charge < -0.3 is 59.3 Å². The minimum absolute atomic E-state index is 0.0549. The number of rotatable bonds is 27. The van der Waals surface area contributed by atoms with Gasteiger partial charge in [-0.15, -0.1) is 13.2 Å². The first-order chi connectivity index (χ1) is 28.1. The first-order valence-electron chi connectivity index (χ1n) is 19.0. The Kier molecular flexibility index (Phi) is 17.9. The lowest BCUT2D eigenvalue weighted by Crippen LogP contribution is -2.68. The lowest BCUT2D eigenvalue weighted by Gasteiger charge is -2.58. The van der Waals surface area contributed by atoms with Crippen molar-refractivity contribution in [2.24, 2.45) is 17.8 Å². The van der Waals surface area contributed by atoms with Crippen LogP contribution in [-0.4, -0.2) is 143 Å². The molecule has 2 saturated carbocycles. The van der Waals surface area contributed by atoms with Gasteiger partial charge >= 0.3 is 6.36 Å². The number of ether oxygens (including phenoxy) is 7. The molecule has 2 amide bonds. The molecule has 0 aliphatic heterocycles. The van der Waals surface area contributed by atoms with E-state index in [-0.39, 0.29) is 35.3 Å². The molecule has 58 heavy (non-hydrogen) atoms. The van der Waals surface area contributed by atoms with Crippen LogP contribution in [0.4, 0.5) is 24.7 Å². The molecule has 2 aliphatic carbocycles. The maximum absolute atomic E-state index is 12.7. The van der Waals surface area contributed by atoms with Crippen molar-refractivity contribution in [1.82, 2.24) is 20.6 Å². The third-order valence-corrected chi connectivity index (χ3v) is 9.39. The summed E-state index contributed by atoms with van der Waals surface area (Å²) in [5.41, 5.74) is 2.12. The van der Waals surface area contributed by atoms with Gasteiger partial charge in [0.25, 0.3) is 5.91 Å². The molecule has 5 N–H and O–H groups in total. The Labute approximate surface area is 333 Å². The van der Waals surface area contributed by atoms with Crippen LogP contribution < -0.4 is 20.7 Å². The van der Waals surface area contributed by atoms with Crippen LogP contribution in [0.2, 0.25) is 0 Å². The smallest absolute Gasteiger partial charge is 0.406 e. The summed E-state index contributed by atoms with van der Waals surface area (Å²) in [6.07, 6.45) is -4.29. The maximum atomic E-state index is 12.7. The topological polar surface area (TPSA) is 201 Å². The first kappa shape index (κ1) is 44.6. The number of aliphatic hydroxyl groups excluding tert-OH is 2. The fraction of sp³-hybridized carbons (Fsp3) is 0.538. The molecular weight excluding hydrogens is 771 g/mol. The summed E-state index contributed by atoms with van der Waals surface area (Å²) < 4.78 is 74.1. The molecule has 0 bridgehead atoms. The highest BCUT2D eigenvalue weighted by Crippen LogP contribution is 2.54. The van der Waals surface area contributed by atoms with Gasteiger partial charge in [-0.05, 0) is 48.7 Å². The van der Waals surface area contributed by atoms with Gasteiger partial charge in [0.2, 0.25) is 5.91 Å². The molecule has 0 radical (unpaired) electrons. The second kappa shape index (κ2) is 23.2. The number of aromatic nitrogens is 2. The van der Waals surface area contributed by atoms with Crippen LogP contribution in [0.3, 0.4) is 0 Å². The molecule has 3 aromatic rings. The van der Waals surface area contributed by atoms with Gasteiger partial charge in [-0.3, -0.25) is 9.59 Å². The SMILES string of the molecule is O=C(NCCOCCOCCOCCOCCOCCOCCNC(=O)C1CC2[C@H]1[C@@H](O)[C@H]2O)c1cccc(-c2cc(Nc3ccc(OC(F)(F)F)cc3)ncn2)c1. The Morgan fingerprint density at radius 3 is 1.84 bits per heavy atom. The largest absolute Gasteiger partial charge is 0.573 e. The summed E-state index contributed by atoms with van der Waals surface area (Å²) in [4.78, 5) is 33.3. The van der Waals surface area contributed by atoms with Crippen LogP contribution in [0.25, 0.3) is 11.3 Å². The van der Waals surface area contributed by atoms with E-state index in [0.29, 0.717) is 127 Å². The molecule has 5 rings (SSSR count). The Hall–Kier alpha value is -4.47. The van der Waals surface area contributed by atoms with Gasteiger partial charge in [0.15, 0.2) is 0 Å². The summed E-state index contributed by atoms with van der Waals surface area (Å²) >= 11 is 0. The van der Waals surface area contributed by atoms with E-state index >= 15 is 0 Å². The number of carbonyl (C=O) groups excluding carboxylic acids is 2. The maximum Gasteiger partial charge on any atom is 0.573 e. The third-order valence-electron chi connectivity index (χ3n) is 9.39. The second-order valence-electron chi connectivity index (χ2n) is 13.4. The number of carbonyl (C=O) groups is 2. The predicted octanol–water partition coefficient (Wildman–Crippen LogP) is 2.72. The van der Waals surface area contributed by atoms with Crippen molar-refractivity contribution in [3.05, 3.63) is 66.5 Å². The minimum atomic E-state index is -4.77. The number of halogens is 3.